The van der Waals surface area contributed by atoms with Gasteiger partial charge >= 0.3 is 11.9 Å². The van der Waals surface area contributed by atoms with Gasteiger partial charge in [-0.1, -0.05) is 24.3 Å². The molecule has 2 aromatic rings. The van der Waals surface area contributed by atoms with E-state index in [0.717, 1.165) is 20.9 Å². The zero-order valence-electron chi connectivity index (χ0n) is 24.1. The van der Waals surface area contributed by atoms with Crippen LogP contribution in [0.2, 0.25) is 0 Å². The number of carbonyl (C=O) groups is 8. The Bertz CT molecular complexity index is 1390. The second-order valence-corrected chi connectivity index (χ2v) is 9.99. The van der Waals surface area contributed by atoms with Gasteiger partial charge in [0.1, 0.15) is 0 Å². The predicted molar refractivity (Wildman–Crippen MR) is 160 cm³/mol. The summed E-state index contributed by atoms with van der Waals surface area (Å²) in [6.07, 6.45) is 8.43. The summed E-state index contributed by atoms with van der Waals surface area (Å²) < 4.78 is 0. The fourth-order valence-corrected chi connectivity index (χ4v) is 4.33. The summed E-state index contributed by atoms with van der Waals surface area (Å²) in [5.41, 5.74) is 3.03. The minimum atomic E-state index is -0.809. The first-order valence-corrected chi connectivity index (χ1v) is 14.0. The number of aryl methyl sites for hydroxylation is 2. The molecule has 0 aliphatic carbocycles. The van der Waals surface area contributed by atoms with Crippen molar-refractivity contribution in [2.24, 2.45) is 0 Å². The Morgan fingerprint density at radius 2 is 0.867 bits per heavy atom. The molecule has 0 atom stereocenters. The topological polar surface area (TPSA) is 196 Å². The number of benzene rings is 2. The van der Waals surface area contributed by atoms with E-state index in [0.29, 0.717) is 49.9 Å². The number of amides is 6. The van der Waals surface area contributed by atoms with Crippen LogP contribution in [0.1, 0.15) is 49.7 Å². The monoisotopic (exact) mass is 617 g/mol. The van der Waals surface area contributed by atoms with E-state index in [1.807, 2.05) is 0 Å². The van der Waals surface area contributed by atoms with E-state index in [1.165, 1.54) is 24.3 Å². The van der Waals surface area contributed by atoms with Crippen LogP contribution in [0.5, 0.6) is 0 Å². The van der Waals surface area contributed by atoms with Crippen LogP contribution in [0, 0.1) is 0 Å². The van der Waals surface area contributed by atoms with Crippen molar-refractivity contribution in [2.45, 2.75) is 51.4 Å². The fourth-order valence-electron chi connectivity index (χ4n) is 4.33. The predicted octanol–water partition coefficient (Wildman–Crippen LogP) is 2.47. The third-order valence-corrected chi connectivity index (χ3v) is 6.58. The number of nitrogens with one attached hydrogen (secondary N) is 1. The zero-order chi connectivity index (χ0) is 32.9. The molecule has 3 heterocycles. The van der Waals surface area contributed by atoms with Crippen LogP contribution < -0.4 is 15.1 Å². The van der Waals surface area contributed by atoms with Crippen molar-refractivity contribution in [3.8, 4) is 0 Å². The highest BCUT2D eigenvalue weighted by Crippen LogP contribution is 2.21. The molecule has 0 radical (unpaired) electrons. The van der Waals surface area contributed by atoms with E-state index >= 15 is 0 Å². The van der Waals surface area contributed by atoms with Crippen LogP contribution in [0.25, 0.3) is 0 Å². The lowest BCUT2D eigenvalue weighted by molar-refractivity contribution is -0.138. The van der Waals surface area contributed by atoms with Crippen molar-refractivity contribution in [1.82, 2.24) is 5.32 Å². The lowest BCUT2D eigenvalue weighted by Crippen LogP contribution is -2.29. The standard InChI is InChI=1S/2C14H13NO4.C4H5NO2/c2*16-12-8-9-13(17)15(12)11-6-4-10(5-7-11)2-1-3-14(18)19;6-3-1-2-4(7)5-3/h2*4-9H,1-3H2,(H,18,19);1-2H2,(H,5,6,7). The summed E-state index contributed by atoms with van der Waals surface area (Å²) in [5.74, 6) is -3.29. The maximum Gasteiger partial charge on any atom is 0.303 e. The number of imide groups is 3. The molecular formula is C32H31N3O10. The number of anilines is 2. The number of carboxylic acids is 2. The summed E-state index contributed by atoms with van der Waals surface area (Å²) in [7, 11) is 0. The molecule has 2 aromatic carbocycles. The van der Waals surface area contributed by atoms with Crippen LogP contribution in [-0.4, -0.2) is 57.6 Å². The molecule has 0 aromatic heterocycles. The van der Waals surface area contributed by atoms with Crippen molar-refractivity contribution in [3.63, 3.8) is 0 Å². The smallest absolute Gasteiger partial charge is 0.303 e. The molecule has 1 saturated heterocycles. The van der Waals surface area contributed by atoms with E-state index in [1.54, 1.807) is 48.5 Å². The fraction of sp³-hybridized carbons (Fsp3) is 0.250. The molecule has 13 heteroatoms. The van der Waals surface area contributed by atoms with Gasteiger partial charge in [0.2, 0.25) is 11.8 Å². The lowest BCUT2D eigenvalue weighted by atomic mass is 10.1. The molecular weight excluding hydrogens is 586 g/mol. The Hall–Kier alpha value is -5.72. The molecule has 5 rings (SSSR count). The van der Waals surface area contributed by atoms with Gasteiger partial charge in [-0.3, -0.25) is 43.7 Å². The number of hydrogen-bond donors (Lipinski definition) is 3. The molecule has 3 aliphatic heterocycles. The molecule has 3 aliphatic rings. The number of carbonyl (C=O) groups excluding carboxylic acids is 6. The number of nitrogens with zero attached hydrogens (tertiary/aromatic N) is 2. The highest BCUT2D eigenvalue weighted by Gasteiger charge is 2.25. The minimum Gasteiger partial charge on any atom is -0.481 e. The van der Waals surface area contributed by atoms with Gasteiger partial charge in [-0.05, 0) is 61.1 Å². The SMILES string of the molecule is O=C(O)CCCc1ccc(N2C(=O)C=CC2=O)cc1.O=C(O)CCCc1ccc(N2C(=O)C=CC2=O)cc1.O=C1CCC(=O)N1. The van der Waals surface area contributed by atoms with E-state index in [4.69, 9.17) is 10.2 Å². The summed E-state index contributed by atoms with van der Waals surface area (Å²) in [6, 6.07) is 14.0. The van der Waals surface area contributed by atoms with Gasteiger partial charge in [0.25, 0.3) is 23.6 Å². The van der Waals surface area contributed by atoms with Gasteiger partial charge in [0.05, 0.1) is 11.4 Å². The minimum absolute atomic E-state index is 0.134. The summed E-state index contributed by atoms with van der Waals surface area (Å²) in [6.45, 7) is 0. The van der Waals surface area contributed by atoms with Gasteiger partial charge in [-0.2, -0.15) is 0 Å². The number of hydrogen-bond acceptors (Lipinski definition) is 8. The van der Waals surface area contributed by atoms with Gasteiger partial charge < -0.3 is 10.2 Å². The molecule has 0 saturated carbocycles. The number of aliphatic carboxylic acids is 2. The second-order valence-electron chi connectivity index (χ2n) is 9.99. The van der Waals surface area contributed by atoms with Gasteiger partial charge in [0.15, 0.2) is 0 Å². The van der Waals surface area contributed by atoms with E-state index in [-0.39, 0.29) is 48.3 Å². The van der Waals surface area contributed by atoms with Crippen molar-refractivity contribution in [3.05, 3.63) is 84.0 Å². The maximum absolute atomic E-state index is 11.5. The number of carboxylic acid groups (broad SMARTS) is 2. The van der Waals surface area contributed by atoms with Gasteiger partial charge in [0, 0.05) is 50.0 Å². The quantitative estimate of drug-likeness (QED) is 0.333. The Morgan fingerprint density at radius 1 is 0.556 bits per heavy atom. The first kappa shape index (κ1) is 33.8. The molecule has 1 fully saturated rings. The summed E-state index contributed by atoms with van der Waals surface area (Å²) >= 11 is 0. The van der Waals surface area contributed by atoms with Gasteiger partial charge in [-0.25, -0.2) is 9.80 Å². The van der Waals surface area contributed by atoms with Crippen molar-refractivity contribution >= 4 is 58.8 Å². The first-order valence-electron chi connectivity index (χ1n) is 14.0. The van der Waals surface area contributed by atoms with Gasteiger partial charge in [-0.15, -0.1) is 0 Å². The molecule has 13 nitrogen and oxygen atoms in total. The average Bonchev–Trinajstić information content (AvgIpc) is 3.66. The average molecular weight is 618 g/mol. The molecule has 0 bridgehead atoms. The van der Waals surface area contributed by atoms with Crippen LogP contribution in [0.3, 0.4) is 0 Å². The van der Waals surface area contributed by atoms with E-state index < -0.39 is 11.9 Å². The Labute approximate surface area is 257 Å². The van der Waals surface area contributed by atoms with Crippen molar-refractivity contribution in [2.75, 3.05) is 9.80 Å². The maximum atomic E-state index is 11.5. The van der Waals surface area contributed by atoms with Crippen molar-refractivity contribution in [1.29, 1.82) is 0 Å². The highest BCUT2D eigenvalue weighted by atomic mass is 16.4. The summed E-state index contributed by atoms with van der Waals surface area (Å²) in [5, 5.41) is 19.2. The Kier molecular flexibility index (Phi) is 12.2. The Morgan fingerprint density at radius 3 is 1.11 bits per heavy atom. The number of rotatable bonds is 10. The largest absolute Gasteiger partial charge is 0.481 e. The lowest BCUT2D eigenvalue weighted by Gasteiger charge is -2.14. The van der Waals surface area contributed by atoms with Crippen LogP contribution >= 0.6 is 0 Å². The van der Waals surface area contributed by atoms with E-state index in [2.05, 4.69) is 5.32 Å². The second kappa shape index (κ2) is 16.2. The van der Waals surface area contributed by atoms with Crippen LogP contribution in [0.15, 0.2) is 72.8 Å². The molecule has 0 spiro atoms. The first-order chi connectivity index (χ1) is 21.4. The molecule has 45 heavy (non-hydrogen) atoms. The van der Waals surface area contributed by atoms with Crippen LogP contribution in [0.4, 0.5) is 11.4 Å². The van der Waals surface area contributed by atoms with Crippen molar-refractivity contribution < 1.29 is 48.6 Å². The summed E-state index contributed by atoms with van der Waals surface area (Å²) in [4.78, 5) is 89.1. The molecule has 234 valence electrons. The normalized spacial score (nSPS) is 15.1. The molecule has 3 N–H and O–H groups in total. The van der Waals surface area contributed by atoms with E-state index in [9.17, 15) is 38.4 Å². The molecule has 6 amide bonds. The third-order valence-electron chi connectivity index (χ3n) is 6.58. The third kappa shape index (κ3) is 10.5. The zero-order valence-corrected chi connectivity index (χ0v) is 24.1. The van der Waals surface area contributed by atoms with Crippen LogP contribution in [-0.2, 0) is 51.2 Å². The highest BCUT2D eigenvalue weighted by molar-refractivity contribution is 6.28. The molecule has 0 unspecified atom stereocenters. The Balaban J connectivity index is 0.000000202.